The van der Waals surface area contributed by atoms with Crippen molar-refractivity contribution in [3.05, 3.63) is 22.6 Å². The average molecular weight is 374 g/mol. The number of ether oxygens (including phenoxy) is 2. The van der Waals surface area contributed by atoms with Crippen LogP contribution in [-0.2, 0) is 15.7 Å². The third-order valence-corrected chi connectivity index (χ3v) is 4.94. The molecule has 136 valence electrons. The Morgan fingerprint density at radius 2 is 1.96 bits per heavy atom. The molecule has 0 saturated carbocycles. The SMILES string of the molecule is COC(=O)c1cc2c(C(F)(F)F)cc(N3C[C@@H](C)O[C@H](C)C3)nc2s1. The van der Waals surface area contributed by atoms with Gasteiger partial charge in [0.15, 0.2) is 0 Å². The first-order chi connectivity index (χ1) is 11.7. The number of thiophene rings is 1. The number of hydrogen-bond acceptors (Lipinski definition) is 6. The molecule has 1 aliphatic rings. The van der Waals surface area contributed by atoms with Crippen LogP contribution in [0.1, 0.15) is 29.1 Å². The van der Waals surface area contributed by atoms with Gasteiger partial charge in [-0.1, -0.05) is 0 Å². The molecule has 0 amide bonds. The fourth-order valence-electron chi connectivity index (χ4n) is 2.96. The smallest absolute Gasteiger partial charge is 0.417 e. The molecule has 2 atom stereocenters. The van der Waals surface area contributed by atoms with Gasteiger partial charge >= 0.3 is 12.1 Å². The van der Waals surface area contributed by atoms with Crippen LogP contribution in [0, 0.1) is 0 Å². The summed E-state index contributed by atoms with van der Waals surface area (Å²) in [5, 5.41) is -0.0870. The van der Waals surface area contributed by atoms with Gasteiger partial charge in [-0.2, -0.15) is 13.2 Å². The van der Waals surface area contributed by atoms with Crippen molar-refractivity contribution in [1.82, 2.24) is 4.98 Å². The van der Waals surface area contributed by atoms with E-state index in [-0.39, 0.29) is 33.1 Å². The van der Waals surface area contributed by atoms with E-state index >= 15 is 0 Å². The topological polar surface area (TPSA) is 51.7 Å². The Morgan fingerprint density at radius 3 is 2.52 bits per heavy atom. The van der Waals surface area contributed by atoms with E-state index in [1.54, 1.807) is 4.90 Å². The Hall–Kier alpha value is -1.87. The molecule has 0 spiro atoms. The molecule has 2 aromatic rings. The second-order valence-electron chi connectivity index (χ2n) is 6.01. The second-order valence-corrected chi connectivity index (χ2v) is 7.04. The molecular formula is C16H17F3N2O3S. The number of pyridine rings is 1. The molecule has 1 saturated heterocycles. The highest BCUT2D eigenvalue weighted by Crippen LogP contribution is 2.39. The van der Waals surface area contributed by atoms with Crippen LogP contribution >= 0.6 is 11.3 Å². The number of carbonyl (C=O) groups is 1. The van der Waals surface area contributed by atoms with Gasteiger partial charge in [-0.15, -0.1) is 11.3 Å². The number of fused-ring (bicyclic) bond motifs is 1. The summed E-state index contributed by atoms with van der Waals surface area (Å²) in [4.78, 5) is 18.1. The average Bonchev–Trinajstić information content (AvgIpc) is 2.95. The molecule has 3 heterocycles. The van der Waals surface area contributed by atoms with E-state index in [1.807, 2.05) is 13.8 Å². The van der Waals surface area contributed by atoms with Gasteiger partial charge < -0.3 is 14.4 Å². The zero-order valence-corrected chi connectivity index (χ0v) is 14.7. The van der Waals surface area contributed by atoms with Crippen LogP contribution in [-0.4, -0.2) is 43.4 Å². The van der Waals surface area contributed by atoms with Gasteiger partial charge in [-0.05, 0) is 26.0 Å². The minimum Gasteiger partial charge on any atom is -0.465 e. The van der Waals surface area contributed by atoms with Crippen LogP contribution in [0.15, 0.2) is 12.1 Å². The van der Waals surface area contributed by atoms with Crippen molar-refractivity contribution in [3.8, 4) is 0 Å². The molecule has 1 aliphatic heterocycles. The molecule has 25 heavy (non-hydrogen) atoms. The lowest BCUT2D eigenvalue weighted by atomic mass is 10.1. The van der Waals surface area contributed by atoms with E-state index in [4.69, 9.17) is 4.74 Å². The number of alkyl halides is 3. The normalized spacial score (nSPS) is 21.6. The van der Waals surface area contributed by atoms with Gasteiger partial charge in [0.1, 0.15) is 15.5 Å². The molecule has 0 aliphatic carbocycles. The van der Waals surface area contributed by atoms with E-state index in [0.717, 1.165) is 17.4 Å². The van der Waals surface area contributed by atoms with Crippen molar-refractivity contribution >= 4 is 33.3 Å². The fraction of sp³-hybridized carbons (Fsp3) is 0.500. The summed E-state index contributed by atoms with van der Waals surface area (Å²) >= 11 is 0.896. The quantitative estimate of drug-likeness (QED) is 0.750. The largest absolute Gasteiger partial charge is 0.465 e. The number of esters is 1. The number of methoxy groups -OCH3 is 1. The van der Waals surface area contributed by atoms with Gasteiger partial charge in [0.05, 0.1) is 24.9 Å². The number of rotatable bonds is 2. The Labute approximate surface area is 146 Å². The molecule has 0 unspecified atom stereocenters. The highest BCUT2D eigenvalue weighted by molar-refractivity contribution is 7.20. The third kappa shape index (κ3) is 3.57. The van der Waals surface area contributed by atoms with Gasteiger partial charge in [0, 0.05) is 18.5 Å². The Bertz CT molecular complexity index is 796. The van der Waals surface area contributed by atoms with Crippen molar-refractivity contribution in [2.24, 2.45) is 0 Å². The highest BCUT2D eigenvalue weighted by atomic mass is 32.1. The minimum atomic E-state index is -4.55. The fourth-order valence-corrected chi connectivity index (χ4v) is 3.93. The molecule has 9 heteroatoms. The van der Waals surface area contributed by atoms with E-state index < -0.39 is 17.7 Å². The maximum Gasteiger partial charge on any atom is 0.417 e. The lowest BCUT2D eigenvalue weighted by Gasteiger charge is -2.36. The molecule has 0 aromatic carbocycles. The van der Waals surface area contributed by atoms with Crippen molar-refractivity contribution in [2.45, 2.75) is 32.2 Å². The van der Waals surface area contributed by atoms with Gasteiger partial charge in [0.2, 0.25) is 0 Å². The van der Waals surface area contributed by atoms with E-state index in [9.17, 15) is 18.0 Å². The Morgan fingerprint density at radius 1 is 1.32 bits per heavy atom. The summed E-state index contributed by atoms with van der Waals surface area (Å²) in [6.45, 7) is 4.64. The summed E-state index contributed by atoms with van der Waals surface area (Å²) in [5.74, 6) is -0.439. The first-order valence-corrected chi connectivity index (χ1v) is 8.51. The number of morpholine rings is 1. The van der Waals surface area contributed by atoms with Crippen LogP contribution in [0.2, 0.25) is 0 Å². The zero-order valence-electron chi connectivity index (χ0n) is 13.9. The van der Waals surface area contributed by atoms with Gasteiger partial charge in [0.25, 0.3) is 0 Å². The molecule has 0 bridgehead atoms. The molecule has 3 rings (SSSR count). The molecule has 0 N–H and O–H groups in total. The van der Waals surface area contributed by atoms with Crippen molar-refractivity contribution in [3.63, 3.8) is 0 Å². The van der Waals surface area contributed by atoms with Crippen LogP contribution in [0.4, 0.5) is 19.0 Å². The second kappa shape index (κ2) is 6.45. The molecular weight excluding hydrogens is 357 g/mol. The van der Waals surface area contributed by atoms with Crippen LogP contribution < -0.4 is 4.90 Å². The first kappa shape index (κ1) is 17.9. The maximum absolute atomic E-state index is 13.5. The minimum absolute atomic E-state index is 0.0870. The predicted molar refractivity (Wildman–Crippen MR) is 88.2 cm³/mol. The number of carbonyl (C=O) groups excluding carboxylic acids is 1. The number of halogens is 3. The molecule has 1 fully saturated rings. The molecule has 5 nitrogen and oxygen atoms in total. The summed E-state index contributed by atoms with van der Waals surface area (Å²) in [6.07, 6.45) is -4.76. The van der Waals surface area contributed by atoms with E-state index in [1.165, 1.54) is 13.2 Å². The number of nitrogens with zero attached hydrogens (tertiary/aromatic N) is 2. The van der Waals surface area contributed by atoms with Gasteiger partial charge in [-0.3, -0.25) is 0 Å². The summed E-state index contributed by atoms with van der Waals surface area (Å²) in [5.41, 5.74) is -0.800. The number of anilines is 1. The summed E-state index contributed by atoms with van der Waals surface area (Å²) in [7, 11) is 1.19. The summed E-state index contributed by atoms with van der Waals surface area (Å²) < 4.78 is 50.8. The zero-order chi connectivity index (χ0) is 18.4. The predicted octanol–water partition coefficient (Wildman–Crippen LogP) is 3.72. The van der Waals surface area contributed by atoms with Crippen LogP contribution in [0.3, 0.4) is 0 Å². The van der Waals surface area contributed by atoms with Crippen molar-refractivity contribution < 1.29 is 27.4 Å². The summed E-state index contributed by atoms with van der Waals surface area (Å²) in [6, 6.07) is 2.23. The monoisotopic (exact) mass is 374 g/mol. The Kier molecular flexibility index (Phi) is 4.63. The lowest BCUT2D eigenvalue weighted by Crippen LogP contribution is -2.45. The number of hydrogen-bond donors (Lipinski definition) is 0. The lowest BCUT2D eigenvalue weighted by molar-refractivity contribution is -0.136. The molecule has 0 radical (unpaired) electrons. The van der Waals surface area contributed by atoms with Crippen molar-refractivity contribution in [2.75, 3.05) is 25.1 Å². The standard InChI is InChI=1S/C16H17F3N2O3S/c1-8-6-21(7-9(2)24-8)13-5-11(16(17,18)19)10-4-12(15(22)23-3)25-14(10)20-13/h4-5,8-9H,6-7H2,1-3H3/t8-,9-/m1/s1. The van der Waals surface area contributed by atoms with E-state index in [2.05, 4.69) is 9.72 Å². The Balaban J connectivity index is 2.12. The number of aromatic nitrogens is 1. The highest BCUT2D eigenvalue weighted by Gasteiger charge is 2.36. The molecule has 2 aromatic heterocycles. The first-order valence-electron chi connectivity index (χ1n) is 7.69. The van der Waals surface area contributed by atoms with Crippen LogP contribution in [0.5, 0.6) is 0 Å². The maximum atomic E-state index is 13.5. The third-order valence-electron chi connectivity index (χ3n) is 3.93. The van der Waals surface area contributed by atoms with E-state index in [0.29, 0.717) is 13.1 Å². The van der Waals surface area contributed by atoms with Crippen molar-refractivity contribution in [1.29, 1.82) is 0 Å². The van der Waals surface area contributed by atoms with Gasteiger partial charge in [-0.25, -0.2) is 9.78 Å². The van der Waals surface area contributed by atoms with Crippen LogP contribution in [0.25, 0.3) is 10.2 Å².